The van der Waals surface area contributed by atoms with E-state index in [-0.39, 0.29) is 5.54 Å². The van der Waals surface area contributed by atoms with Crippen molar-refractivity contribution in [2.24, 2.45) is 11.8 Å². The predicted octanol–water partition coefficient (Wildman–Crippen LogP) is 7.88. The fourth-order valence-electron chi connectivity index (χ4n) is 8.50. The second kappa shape index (κ2) is 8.55. The molecule has 3 fully saturated rings. The Kier molecular flexibility index (Phi) is 5.64. The molecule has 2 aromatic carbocycles. The van der Waals surface area contributed by atoms with E-state index in [0.29, 0.717) is 18.2 Å². The first kappa shape index (κ1) is 22.4. The summed E-state index contributed by atoms with van der Waals surface area (Å²) in [5, 5.41) is 0. The number of nitrogens with zero attached hydrogens (tertiary/aromatic N) is 2. The molecule has 3 atom stereocenters. The molecule has 2 nitrogen and oxygen atoms in total. The van der Waals surface area contributed by atoms with Crippen molar-refractivity contribution in [2.45, 2.75) is 103 Å². The second-order valence-electron chi connectivity index (χ2n) is 11.7. The van der Waals surface area contributed by atoms with E-state index < -0.39 is 0 Å². The maximum absolute atomic E-state index is 3.06. The summed E-state index contributed by atoms with van der Waals surface area (Å²) in [5.41, 5.74) is 7.44. The van der Waals surface area contributed by atoms with Crippen molar-refractivity contribution in [3.63, 3.8) is 0 Å². The quantitative estimate of drug-likeness (QED) is 0.434. The minimum absolute atomic E-state index is 0.211. The summed E-state index contributed by atoms with van der Waals surface area (Å²) in [6, 6.07) is 16.9. The van der Waals surface area contributed by atoms with Gasteiger partial charge in [0.2, 0.25) is 0 Å². The lowest BCUT2D eigenvalue weighted by Crippen LogP contribution is -2.56. The fraction of sp³-hybridized carbons (Fsp3) is 0.562. The molecule has 2 saturated carbocycles. The highest BCUT2D eigenvalue weighted by Gasteiger charge is 2.61. The van der Waals surface area contributed by atoms with Gasteiger partial charge in [0.25, 0.3) is 0 Å². The van der Waals surface area contributed by atoms with Crippen molar-refractivity contribution >= 4 is 5.69 Å². The smallest absolute Gasteiger partial charge is 0.110 e. The van der Waals surface area contributed by atoms with Gasteiger partial charge in [0.15, 0.2) is 0 Å². The van der Waals surface area contributed by atoms with E-state index >= 15 is 0 Å². The number of hydrogen-bond acceptors (Lipinski definition) is 2. The van der Waals surface area contributed by atoms with Crippen LogP contribution in [0.4, 0.5) is 5.69 Å². The average Bonchev–Trinajstić information content (AvgIpc) is 3.62. The van der Waals surface area contributed by atoms with Gasteiger partial charge < -0.3 is 4.90 Å². The van der Waals surface area contributed by atoms with Crippen LogP contribution >= 0.6 is 0 Å². The van der Waals surface area contributed by atoms with Gasteiger partial charge in [0.1, 0.15) is 6.17 Å². The average molecular weight is 455 g/mol. The molecule has 2 unspecified atom stereocenters. The lowest BCUT2D eigenvalue weighted by Gasteiger charge is -2.51. The SMILES string of the molecule is Cc1ccccc1N1C(c2c(C)cccc2C)N2C(C=CC2(C2CCCC2)C2CCCC2)[C@@H]1C. The summed E-state index contributed by atoms with van der Waals surface area (Å²) >= 11 is 0. The van der Waals surface area contributed by atoms with Crippen LogP contribution in [-0.4, -0.2) is 22.5 Å². The standard InChI is InChI=1S/C32H42N2/c1-22-12-5-10-19-28(22)33-25(4)29-20-21-32(26-15-6-7-16-26,27-17-8-9-18-27)34(29)31(33)30-23(2)13-11-14-24(30)3/h5,10-14,19-21,25-27,29,31H,6-9,15-18H2,1-4H3/t25-,29?,31?/m0/s1. The highest BCUT2D eigenvalue weighted by Crippen LogP contribution is 2.59. The Balaban J connectivity index is 1.58. The number of fused-ring (bicyclic) bond motifs is 1. The van der Waals surface area contributed by atoms with E-state index in [1.807, 2.05) is 0 Å². The Morgan fingerprint density at radius 2 is 1.29 bits per heavy atom. The first-order valence-electron chi connectivity index (χ1n) is 13.9. The van der Waals surface area contributed by atoms with Crippen molar-refractivity contribution in [3.05, 3.63) is 76.9 Å². The highest BCUT2D eigenvalue weighted by molar-refractivity contribution is 5.60. The van der Waals surface area contributed by atoms with E-state index in [9.17, 15) is 0 Å². The topological polar surface area (TPSA) is 6.48 Å². The fourth-order valence-corrected chi connectivity index (χ4v) is 8.50. The molecule has 0 amide bonds. The molecule has 4 aliphatic rings. The minimum atomic E-state index is 0.211. The van der Waals surface area contributed by atoms with Crippen molar-refractivity contribution in [2.75, 3.05) is 4.90 Å². The number of aryl methyl sites for hydroxylation is 3. The van der Waals surface area contributed by atoms with E-state index in [2.05, 4.69) is 92.1 Å². The summed E-state index contributed by atoms with van der Waals surface area (Å²) < 4.78 is 0. The highest BCUT2D eigenvalue weighted by atomic mass is 15.5. The molecule has 2 aromatic rings. The molecule has 1 saturated heterocycles. The molecule has 6 rings (SSSR count). The summed E-state index contributed by atoms with van der Waals surface area (Å²) in [7, 11) is 0. The third kappa shape index (κ3) is 3.17. The van der Waals surface area contributed by atoms with Crippen LogP contribution in [0.1, 0.15) is 86.7 Å². The lowest BCUT2D eigenvalue weighted by molar-refractivity contribution is 0.00873. The molecule has 0 N–H and O–H groups in total. The molecule has 2 aliphatic heterocycles. The van der Waals surface area contributed by atoms with E-state index in [1.54, 1.807) is 5.56 Å². The Morgan fingerprint density at radius 3 is 1.88 bits per heavy atom. The molecule has 0 aromatic heterocycles. The third-order valence-corrected chi connectivity index (χ3v) is 10.0. The molecule has 2 aliphatic carbocycles. The van der Waals surface area contributed by atoms with Crippen molar-refractivity contribution in [1.82, 2.24) is 4.90 Å². The first-order valence-corrected chi connectivity index (χ1v) is 13.9. The molecule has 0 spiro atoms. The molecular weight excluding hydrogens is 412 g/mol. The van der Waals surface area contributed by atoms with Gasteiger partial charge in [0, 0.05) is 17.3 Å². The van der Waals surface area contributed by atoms with Crippen LogP contribution in [0, 0.1) is 32.6 Å². The molecule has 0 radical (unpaired) electrons. The van der Waals surface area contributed by atoms with Gasteiger partial charge in [-0.1, -0.05) is 74.2 Å². The molecule has 0 bridgehead atoms. The lowest BCUT2D eigenvalue weighted by atomic mass is 9.71. The van der Waals surface area contributed by atoms with Gasteiger partial charge in [-0.15, -0.1) is 0 Å². The minimum Gasteiger partial charge on any atom is -0.347 e. The summed E-state index contributed by atoms with van der Waals surface area (Å²) in [5.74, 6) is 1.60. The Hall–Kier alpha value is -2.06. The monoisotopic (exact) mass is 454 g/mol. The van der Waals surface area contributed by atoms with Crippen LogP contribution in [0.25, 0.3) is 0 Å². The van der Waals surface area contributed by atoms with E-state index in [1.165, 1.54) is 73.7 Å². The summed E-state index contributed by atoms with van der Waals surface area (Å²) in [4.78, 5) is 5.86. The van der Waals surface area contributed by atoms with Gasteiger partial charge in [-0.2, -0.15) is 0 Å². The molecule has 2 heteroatoms. The predicted molar refractivity (Wildman–Crippen MR) is 143 cm³/mol. The van der Waals surface area contributed by atoms with E-state index in [0.717, 1.165) is 11.8 Å². The van der Waals surface area contributed by atoms with Gasteiger partial charge >= 0.3 is 0 Å². The van der Waals surface area contributed by atoms with Gasteiger partial charge in [-0.3, -0.25) is 4.90 Å². The third-order valence-electron chi connectivity index (χ3n) is 10.0. The van der Waals surface area contributed by atoms with Crippen LogP contribution in [0.3, 0.4) is 0 Å². The van der Waals surface area contributed by atoms with Crippen molar-refractivity contribution in [3.8, 4) is 0 Å². The van der Waals surface area contributed by atoms with Crippen molar-refractivity contribution in [1.29, 1.82) is 0 Å². The number of rotatable bonds is 4. The Bertz CT molecular complexity index is 1040. The van der Waals surface area contributed by atoms with Crippen LogP contribution in [-0.2, 0) is 0 Å². The molecular formula is C32H42N2. The zero-order valence-corrected chi connectivity index (χ0v) is 21.6. The zero-order valence-electron chi connectivity index (χ0n) is 21.6. The van der Waals surface area contributed by atoms with E-state index in [4.69, 9.17) is 0 Å². The molecule has 180 valence electrons. The van der Waals surface area contributed by atoms with Crippen LogP contribution in [0.5, 0.6) is 0 Å². The summed E-state index contributed by atoms with van der Waals surface area (Å²) in [6.07, 6.45) is 16.9. The number of benzene rings is 2. The maximum atomic E-state index is 3.06. The maximum Gasteiger partial charge on any atom is 0.110 e. The molecule has 34 heavy (non-hydrogen) atoms. The summed E-state index contributed by atoms with van der Waals surface area (Å²) in [6.45, 7) is 9.46. The van der Waals surface area contributed by atoms with Gasteiger partial charge in [0.05, 0.1) is 6.04 Å². The second-order valence-corrected chi connectivity index (χ2v) is 11.7. The first-order chi connectivity index (χ1) is 16.5. The number of anilines is 1. The normalized spacial score (nSPS) is 29.4. The zero-order chi connectivity index (χ0) is 23.4. The Labute approximate surface area is 207 Å². The van der Waals surface area contributed by atoms with Crippen molar-refractivity contribution < 1.29 is 0 Å². The molecule has 2 heterocycles. The van der Waals surface area contributed by atoms with Crippen LogP contribution < -0.4 is 4.90 Å². The van der Waals surface area contributed by atoms with Gasteiger partial charge in [-0.25, -0.2) is 0 Å². The van der Waals surface area contributed by atoms with Gasteiger partial charge in [-0.05, 0) is 93.5 Å². The Morgan fingerprint density at radius 1 is 0.735 bits per heavy atom. The largest absolute Gasteiger partial charge is 0.347 e. The number of hydrogen-bond donors (Lipinski definition) is 0. The number of para-hydroxylation sites is 1. The van der Waals surface area contributed by atoms with Crippen LogP contribution in [0.2, 0.25) is 0 Å². The van der Waals surface area contributed by atoms with Crippen LogP contribution in [0.15, 0.2) is 54.6 Å².